The Kier molecular flexibility index (Phi) is 6.04. The third kappa shape index (κ3) is 4.94. The zero-order valence-electron chi connectivity index (χ0n) is 21.0. The van der Waals surface area contributed by atoms with Crippen LogP contribution in [-0.4, -0.2) is 52.6 Å². The van der Waals surface area contributed by atoms with Gasteiger partial charge in [0.25, 0.3) is 0 Å². The molecule has 1 amide bonds. The SMILES string of the molecule is CN1C(=O)CCC1c1cc2[nH]c(-c3ccc(C(C)(C)O)cn3)cc2cc1Oc1ccc(S(C)(=O)=O)nc1. The number of likely N-dealkylation sites (tertiary alicyclic amines) is 1. The van der Waals surface area contributed by atoms with E-state index in [0.29, 0.717) is 24.3 Å². The van der Waals surface area contributed by atoms with E-state index in [4.69, 9.17) is 4.74 Å². The number of ether oxygens (including phenoxy) is 1. The number of aliphatic hydroxyl groups is 1. The predicted molar refractivity (Wildman–Crippen MR) is 139 cm³/mol. The van der Waals surface area contributed by atoms with Crippen LogP contribution >= 0.6 is 0 Å². The molecule has 3 aromatic heterocycles. The van der Waals surface area contributed by atoms with Crippen LogP contribution in [0.5, 0.6) is 11.5 Å². The van der Waals surface area contributed by atoms with E-state index in [1.54, 1.807) is 38.1 Å². The van der Waals surface area contributed by atoms with Crippen molar-refractivity contribution in [2.24, 2.45) is 0 Å². The highest BCUT2D eigenvalue weighted by Crippen LogP contribution is 2.41. The molecule has 1 aliphatic heterocycles. The highest BCUT2D eigenvalue weighted by Gasteiger charge is 2.32. The second-order valence-corrected chi connectivity index (χ2v) is 11.9. The van der Waals surface area contributed by atoms with Gasteiger partial charge in [0.05, 0.1) is 29.2 Å². The van der Waals surface area contributed by atoms with Crippen molar-refractivity contribution in [2.45, 2.75) is 43.4 Å². The lowest BCUT2D eigenvalue weighted by Crippen LogP contribution is -2.22. The summed E-state index contributed by atoms with van der Waals surface area (Å²) in [7, 11) is -1.64. The molecule has 4 heterocycles. The van der Waals surface area contributed by atoms with Crippen LogP contribution in [0.3, 0.4) is 0 Å². The van der Waals surface area contributed by atoms with Gasteiger partial charge in [-0.05, 0) is 56.7 Å². The van der Waals surface area contributed by atoms with Crippen LogP contribution < -0.4 is 4.74 Å². The van der Waals surface area contributed by atoms with Crippen molar-refractivity contribution in [3.05, 3.63) is 66.0 Å². The van der Waals surface area contributed by atoms with Crippen LogP contribution in [-0.2, 0) is 20.2 Å². The van der Waals surface area contributed by atoms with E-state index in [9.17, 15) is 18.3 Å². The first-order chi connectivity index (χ1) is 17.4. The first kappa shape index (κ1) is 24.9. The van der Waals surface area contributed by atoms with Crippen molar-refractivity contribution >= 4 is 26.6 Å². The Morgan fingerprint density at radius 2 is 1.89 bits per heavy atom. The summed E-state index contributed by atoms with van der Waals surface area (Å²) in [5.41, 5.74) is 2.97. The molecule has 0 aliphatic carbocycles. The summed E-state index contributed by atoms with van der Waals surface area (Å²) in [6.45, 7) is 3.43. The van der Waals surface area contributed by atoms with Crippen molar-refractivity contribution in [3.63, 3.8) is 0 Å². The number of H-pyrrole nitrogens is 1. The zero-order chi connectivity index (χ0) is 26.5. The van der Waals surface area contributed by atoms with Crippen molar-refractivity contribution in [2.75, 3.05) is 13.3 Å². The molecule has 1 saturated heterocycles. The van der Waals surface area contributed by atoms with Crippen LogP contribution in [0.4, 0.5) is 0 Å². The molecule has 0 bridgehead atoms. The van der Waals surface area contributed by atoms with Gasteiger partial charge in [-0.2, -0.15) is 0 Å². The summed E-state index contributed by atoms with van der Waals surface area (Å²) in [5.74, 6) is 1.02. The molecule has 37 heavy (non-hydrogen) atoms. The molecular formula is C27H28N4O5S. The lowest BCUT2D eigenvalue weighted by molar-refractivity contribution is -0.127. The molecule has 1 fully saturated rings. The lowest BCUT2D eigenvalue weighted by atomic mass is 10.0. The first-order valence-electron chi connectivity index (χ1n) is 11.9. The third-order valence-corrected chi connectivity index (χ3v) is 7.67. The monoisotopic (exact) mass is 520 g/mol. The molecule has 1 unspecified atom stereocenters. The molecule has 10 heteroatoms. The van der Waals surface area contributed by atoms with E-state index >= 15 is 0 Å². The van der Waals surface area contributed by atoms with Gasteiger partial charge in [-0.15, -0.1) is 0 Å². The number of rotatable bonds is 6. The Balaban J connectivity index is 1.56. The quantitative estimate of drug-likeness (QED) is 0.387. The number of sulfone groups is 1. The van der Waals surface area contributed by atoms with E-state index < -0.39 is 15.4 Å². The predicted octanol–water partition coefficient (Wildman–Crippen LogP) is 4.34. The average molecular weight is 521 g/mol. The van der Waals surface area contributed by atoms with Crippen LogP contribution in [0.15, 0.2) is 59.9 Å². The maximum Gasteiger partial charge on any atom is 0.222 e. The molecule has 5 rings (SSSR count). The number of hydrogen-bond donors (Lipinski definition) is 2. The summed E-state index contributed by atoms with van der Waals surface area (Å²) in [6, 6.07) is 12.4. The number of nitrogens with zero attached hydrogens (tertiary/aromatic N) is 3. The maximum atomic E-state index is 12.3. The fourth-order valence-corrected chi connectivity index (χ4v) is 5.08. The lowest BCUT2D eigenvalue weighted by Gasteiger charge is -2.23. The Morgan fingerprint density at radius 1 is 1.11 bits per heavy atom. The molecule has 9 nitrogen and oxygen atoms in total. The second kappa shape index (κ2) is 8.97. The standard InChI is InChI=1S/C27H28N4O5S/c1-27(2,33)17-5-7-20(28-14-17)22-11-16-12-24(36-18-6-9-25(29-15-18)37(4,34)35)19(13-21(16)30-22)23-8-10-26(32)31(23)3/h5-7,9,11-15,23,30,33H,8,10H2,1-4H3. The zero-order valence-corrected chi connectivity index (χ0v) is 21.8. The molecule has 0 spiro atoms. The maximum absolute atomic E-state index is 12.3. The Bertz CT molecular complexity index is 1590. The van der Waals surface area contributed by atoms with E-state index in [0.717, 1.165) is 39.7 Å². The van der Waals surface area contributed by atoms with Crippen LogP contribution in [0.2, 0.25) is 0 Å². The normalized spacial score (nSPS) is 16.5. The molecule has 0 saturated carbocycles. The highest BCUT2D eigenvalue weighted by molar-refractivity contribution is 7.90. The van der Waals surface area contributed by atoms with E-state index in [1.165, 1.54) is 12.3 Å². The number of pyridine rings is 2. The minimum Gasteiger partial charge on any atom is -0.455 e. The number of nitrogens with one attached hydrogen (secondary N) is 1. The number of carbonyl (C=O) groups is 1. The van der Waals surface area contributed by atoms with Gasteiger partial charge in [-0.1, -0.05) is 6.07 Å². The fourth-order valence-electron chi connectivity index (χ4n) is 4.52. The number of aromatic amines is 1. The summed E-state index contributed by atoms with van der Waals surface area (Å²) >= 11 is 0. The van der Waals surface area contributed by atoms with Gasteiger partial charge in [-0.25, -0.2) is 13.4 Å². The molecular weight excluding hydrogens is 492 g/mol. The number of carbonyl (C=O) groups excluding carboxylic acids is 1. The Hall–Kier alpha value is -3.76. The minimum atomic E-state index is -3.43. The van der Waals surface area contributed by atoms with Gasteiger partial charge in [0.15, 0.2) is 14.9 Å². The molecule has 1 aromatic carbocycles. The average Bonchev–Trinajstić information content (AvgIpc) is 3.40. The summed E-state index contributed by atoms with van der Waals surface area (Å²) in [6.07, 6.45) is 5.26. The molecule has 1 atom stereocenters. The van der Waals surface area contributed by atoms with Crippen molar-refractivity contribution in [3.8, 4) is 22.9 Å². The van der Waals surface area contributed by atoms with E-state index in [2.05, 4.69) is 15.0 Å². The second-order valence-electron chi connectivity index (χ2n) is 9.92. The van der Waals surface area contributed by atoms with Crippen LogP contribution in [0.1, 0.15) is 43.9 Å². The first-order valence-corrected chi connectivity index (χ1v) is 13.7. The van der Waals surface area contributed by atoms with Gasteiger partial charge in [0, 0.05) is 48.0 Å². The van der Waals surface area contributed by atoms with Gasteiger partial charge in [0.2, 0.25) is 5.91 Å². The van der Waals surface area contributed by atoms with Crippen molar-refractivity contribution < 1.29 is 23.1 Å². The third-order valence-electron chi connectivity index (χ3n) is 6.67. The van der Waals surface area contributed by atoms with E-state index in [1.807, 2.05) is 30.3 Å². The summed E-state index contributed by atoms with van der Waals surface area (Å²) in [4.78, 5) is 26.0. The molecule has 1 aliphatic rings. The molecule has 192 valence electrons. The molecule has 4 aromatic rings. The smallest absolute Gasteiger partial charge is 0.222 e. The fraction of sp³-hybridized carbons (Fsp3) is 0.296. The summed E-state index contributed by atoms with van der Waals surface area (Å²) in [5, 5.41) is 11.1. The number of fused-ring (bicyclic) bond motifs is 1. The van der Waals surface area contributed by atoms with Gasteiger partial charge in [0.1, 0.15) is 11.5 Å². The van der Waals surface area contributed by atoms with Gasteiger partial charge in [-0.3, -0.25) is 9.78 Å². The van der Waals surface area contributed by atoms with E-state index in [-0.39, 0.29) is 17.0 Å². The highest BCUT2D eigenvalue weighted by atomic mass is 32.2. The number of amides is 1. The van der Waals surface area contributed by atoms with Gasteiger partial charge < -0.3 is 19.7 Å². The number of hydrogen-bond acceptors (Lipinski definition) is 7. The number of benzene rings is 1. The molecule has 2 N–H and O–H groups in total. The molecule has 0 radical (unpaired) electrons. The Morgan fingerprint density at radius 3 is 2.46 bits per heavy atom. The van der Waals surface area contributed by atoms with Crippen molar-refractivity contribution in [1.82, 2.24) is 19.9 Å². The van der Waals surface area contributed by atoms with Crippen LogP contribution in [0.25, 0.3) is 22.3 Å². The largest absolute Gasteiger partial charge is 0.455 e. The Labute approximate surface area is 215 Å². The minimum absolute atomic E-state index is 0.0324. The van der Waals surface area contributed by atoms with Crippen LogP contribution in [0, 0.1) is 0 Å². The topological polar surface area (TPSA) is 125 Å². The van der Waals surface area contributed by atoms with Crippen molar-refractivity contribution in [1.29, 1.82) is 0 Å². The summed E-state index contributed by atoms with van der Waals surface area (Å²) < 4.78 is 29.7. The number of aromatic nitrogens is 3. The van der Waals surface area contributed by atoms with Gasteiger partial charge >= 0.3 is 0 Å².